The van der Waals surface area contributed by atoms with Gasteiger partial charge >= 0.3 is 0 Å². The first-order valence-electron chi connectivity index (χ1n) is 3.32. The molecule has 3 heteroatoms. The molecule has 3 nitrogen and oxygen atoms in total. The summed E-state index contributed by atoms with van der Waals surface area (Å²) < 4.78 is 5.20. The smallest absolute Gasteiger partial charge is 0.0636 e. The maximum atomic E-state index is 5.20. The first-order chi connectivity index (χ1) is 4.34. The van der Waals surface area contributed by atoms with Gasteiger partial charge < -0.3 is 4.74 Å². The summed E-state index contributed by atoms with van der Waals surface area (Å²) in [6, 6.07) is 0.579. The van der Waals surface area contributed by atoms with Gasteiger partial charge in [-0.2, -0.15) is 0 Å². The van der Waals surface area contributed by atoms with Crippen LogP contribution >= 0.6 is 0 Å². The molecular weight excluding hydrogens is 116 g/mol. The monoisotopic (exact) mass is 130 g/mol. The molecule has 0 aromatic heterocycles. The third kappa shape index (κ3) is 1.64. The fourth-order valence-corrected chi connectivity index (χ4v) is 1.01. The maximum Gasteiger partial charge on any atom is 0.0636 e. The van der Waals surface area contributed by atoms with Crippen molar-refractivity contribution in [2.24, 2.45) is 0 Å². The normalized spacial score (nSPS) is 27.7. The second-order valence-corrected chi connectivity index (χ2v) is 2.35. The lowest BCUT2D eigenvalue weighted by molar-refractivity contribution is 0.136. The zero-order valence-electron chi connectivity index (χ0n) is 6.05. The SMILES string of the molecule is CNN(C)[C@@H]1CCOC1. The van der Waals surface area contributed by atoms with Gasteiger partial charge in [-0.1, -0.05) is 0 Å². The first-order valence-corrected chi connectivity index (χ1v) is 3.32. The standard InChI is InChI=1S/C6H14N2O/c1-7-8(2)6-3-4-9-5-6/h6-7H,3-5H2,1-2H3/t6-/m1/s1. The zero-order valence-corrected chi connectivity index (χ0v) is 6.05. The first kappa shape index (κ1) is 6.99. The Morgan fingerprint density at radius 1 is 1.67 bits per heavy atom. The lowest BCUT2D eigenvalue weighted by atomic mass is 10.3. The largest absolute Gasteiger partial charge is 0.380 e. The van der Waals surface area contributed by atoms with Crippen molar-refractivity contribution in [2.75, 3.05) is 27.3 Å². The number of hydrazine groups is 1. The number of hydrogen-bond acceptors (Lipinski definition) is 3. The van der Waals surface area contributed by atoms with E-state index in [4.69, 9.17) is 4.74 Å². The minimum atomic E-state index is 0.579. The van der Waals surface area contributed by atoms with E-state index in [9.17, 15) is 0 Å². The molecular formula is C6H14N2O. The van der Waals surface area contributed by atoms with Crippen LogP contribution in [0.2, 0.25) is 0 Å². The highest BCUT2D eigenvalue weighted by Crippen LogP contribution is 2.07. The van der Waals surface area contributed by atoms with Crippen molar-refractivity contribution in [1.82, 2.24) is 10.4 Å². The number of nitrogens with one attached hydrogen (secondary N) is 1. The molecule has 54 valence electrons. The van der Waals surface area contributed by atoms with Crippen molar-refractivity contribution in [1.29, 1.82) is 0 Å². The van der Waals surface area contributed by atoms with E-state index in [1.54, 1.807) is 0 Å². The molecule has 1 N–H and O–H groups in total. The molecule has 0 aromatic rings. The highest BCUT2D eigenvalue weighted by molar-refractivity contribution is 4.69. The quantitative estimate of drug-likeness (QED) is 0.526. The van der Waals surface area contributed by atoms with Crippen molar-refractivity contribution in [3.63, 3.8) is 0 Å². The van der Waals surface area contributed by atoms with Crippen molar-refractivity contribution >= 4 is 0 Å². The third-order valence-electron chi connectivity index (χ3n) is 1.81. The summed E-state index contributed by atoms with van der Waals surface area (Å²) in [5.74, 6) is 0. The fourth-order valence-electron chi connectivity index (χ4n) is 1.01. The predicted molar refractivity (Wildman–Crippen MR) is 36.0 cm³/mol. The van der Waals surface area contributed by atoms with E-state index < -0.39 is 0 Å². The Labute approximate surface area is 56.0 Å². The van der Waals surface area contributed by atoms with Crippen LogP contribution in [0.15, 0.2) is 0 Å². The molecule has 1 aliphatic rings. The summed E-state index contributed by atoms with van der Waals surface area (Å²) in [5.41, 5.74) is 3.06. The van der Waals surface area contributed by atoms with Gasteiger partial charge in [-0.05, 0) is 13.5 Å². The second-order valence-electron chi connectivity index (χ2n) is 2.35. The Morgan fingerprint density at radius 2 is 2.44 bits per heavy atom. The van der Waals surface area contributed by atoms with Crippen molar-refractivity contribution in [3.8, 4) is 0 Å². The average molecular weight is 130 g/mol. The van der Waals surface area contributed by atoms with Crippen LogP contribution in [-0.4, -0.2) is 38.4 Å². The van der Waals surface area contributed by atoms with Crippen molar-refractivity contribution in [3.05, 3.63) is 0 Å². The topological polar surface area (TPSA) is 24.5 Å². The Morgan fingerprint density at radius 3 is 2.89 bits per heavy atom. The Bertz CT molecular complexity index is 81.1. The second kappa shape index (κ2) is 3.15. The number of likely N-dealkylation sites (N-methyl/N-ethyl adjacent to an activating group) is 1. The lowest BCUT2D eigenvalue weighted by Crippen LogP contribution is -2.40. The molecule has 0 aromatic carbocycles. The molecule has 1 aliphatic heterocycles. The van der Waals surface area contributed by atoms with Crippen LogP contribution in [0.5, 0.6) is 0 Å². The van der Waals surface area contributed by atoms with Gasteiger partial charge in [0, 0.05) is 19.7 Å². The van der Waals surface area contributed by atoms with Gasteiger partial charge in [0.1, 0.15) is 0 Å². The molecule has 1 fully saturated rings. The maximum absolute atomic E-state index is 5.20. The molecule has 0 spiro atoms. The van der Waals surface area contributed by atoms with Crippen LogP contribution in [0.4, 0.5) is 0 Å². The summed E-state index contributed by atoms with van der Waals surface area (Å²) in [7, 11) is 3.97. The summed E-state index contributed by atoms with van der Waals surface area (Å²) >= 11 is 0. The summed E-state index contributed by atoms with van der Waals surface area (Å²) in [4.78, 5) is 0. The number of hydrogen-bond donors (Lipinski definition) is 1. The fraction of sp³-hybridized carbons (Fsp3) is 1.00. The molecule has 1 saturated heterocycles. The van der Waals surface area contributed by atoms with Crippen LogP contribution in [0.25, 0.3) is 0 Å². The highest BCUT2D eigenvalue weighted by Gasteiger charge is 2.18. The van der Waals surface area contributed by atoms with Gasteiger partial charge in [-0.15, -0.1) is 0 Å². The van der Waals surface area contributed by atoms with Gasteiger partial charge in [-0.3, -0.25) is 5.43 Å². The van der Waals surface area contributed by atoms with Gasteiger partial charge in [0.2, 0.25) is 0 Å². The van der Waals surface area contributed by atoms with Gasteiger partial charge in [-0.25, -0.2) is 5.01 Å². The minimum Gasteiger partial charge on any atom is -0.380 e. The van der Waals surface area contributed by atoms with Gasteiger partial charge in [0.05, 0.1) is 6.61 Å². The van der Waals surface area contributed by atoms with Crippen LogP contribution in [-0.2, 0) is 4.74 Å². The number of rotatable bonds is 2. The van der Waals surface area contributed by atoms with Crippen molar-refractivity contribution < 1.29 is 4.74 Å². The summed E-state index contributed by atoms with van der Waals surface area (Å²) in [6.45, 7) is 1.79. The lowest BCUT2D eigenvalue weighted by Gasteiger charge is -2.20. The number of nitrogens with zero attached hydrogens (tertiary/aromatic N) is 1. The van der Waals surface area contributed by atoms with E-state index >= 15 is 0 Å². The van der Waals surface area contributed by atoms with Crippen LogP contribution in [0.3, 0.4) is 0 Å². The summed E-state index contributed by atoms with van der Waals surface area (Å²) in [5, 5.41) is 2.09. The molecule has 0 radical (unpaired) electrons. The van der Waals surface area contributed by atoms with E-state index in [0.29, 0.717) is 6.04 Å². The molecule has 1 atom stereocenters. The predicted octanol–water partition coefficient (Wildman–Crippen LogP) is -0.159. The van der Waals surface area contributed by atoms with E-state index in [2.05, 4.69) is 10.4 Å². The van der Waals surface area contributed by atoms with E-state index in [0.717, 1.165) is 19.6 Å². The van der Waals surface area contributed by atoms with E-state index in [1.165, 1.54) is 0 Å². The van der Waals surface area contributed by atoms with E-state index in [1.807, 2.05) is 14.1 Å². The molecule has 1 rings (SSSR count). The molecule has 0 aliphatic carbocycles. The zero-order chi connectivity index (χ0) is 6.69. The van der Waals surface area contributed by atoms with Gasteiger partial charge in [0.15, 0.2) is 0 Å². The Hall–Kier alpha value is -0.120. The molecule has 1 heterocycles. The Kier molecular flexibility index (Phi) is 2.45. The van der Waals surface area contributed by atoms with Crippen LogP contribution in [0, 0.1) is 0 Å². The number of ether oxygens (including phenoxy) is 1. The van der Waals surface area contributed by atoms with E-state index in [-0.39, 0.29) is 0 Å². The minimum absolute atomic E-state index is 0.579. The molecule has 9 heavy (non-hydrogen) atoms. The van der Waals surface area contributed by atoms with Crippen LogP contribution in [0.1, 0.15) is 6.42 Å². The third-order valence-corrected chi connectivity index (χ3v) is 1.81. The highest BCUT2D eigenvalue weighted by atomic mass is 16.5. The molecule has 0 saturated carbocycles. The summed E-state index contributed by atoms with van der Waals surface area (Å²) in [6.07, 6.45) is 1.15. The Balaban J connectivity index is 2.24. The van der Waals surface area contributed by atoms with Gasteiger partial charge in [0.25, 0.3) is 0 Å². The average Bonchev–Trinajstić information content (AvgIpc) is 2.37. The molecule has 0 bridgehead atoms. The van der Waals surface area contributed by atoms with Crippen LogP contribution < -0.4 is 5.43 Å². The van der Waals surface area contributed by atoms with Crippen molar-refractivity contribution in [2.45, 2.75) is 12.5 Å². The molecule has 0 unspecified atom stereocenters. The molecule has 0 amide bonds.